The minimum absolute atomic E-state index is 0.0676. The Bertz CT molecular complexity index is 560. The summed E-state index contributed by atoms with van der Waals surface area (Å²) < 4.78 is 5.13. The van der Waals surface area contributed by atoms with Gasteiger partial charge in [0.2, 0.25) is 0 Å². The summed E-state index contributed by atoms with van der Waals surface area (Å²) in [5.74, 6) is 1.07. The third-order valence-electron chi connectivity index (χ3n) is 4.15. The van der Waals surface area contributed by atoms with Gasteiger partial charge in [-0.2, -0.15) is 5.26 Å². The molecular weight excluding hydrogens is 278 g/mol. The third kappa shape index (κ3) is 4.22. The quantitative estimate of drug-likeness (QED) is 0.771. The molecule has 0 aliphatic heterocycles. The zero-order valence-corrected chi connectivity index (χ0v) is 13.5. The minimum atomic E-state index is -0.711. The normalized spacial score (nSPS) is 17.9. The summed E-state index contributed by atoms with van der Waals surface area (Å²) in [7, 11) is 3.62. The molecule has 1 aromatic rings. The van der Waals surface area contributed by atoms with Crippen LogP contribution in [-0.2, 0) is 11.3 Å². The Morgan fingerprint density at radius 3 is 2.59 bits per heavy atom. The Labute approximate surface area is 131 Å². The lowest BCUT2D eigenvalue weighted by atomic mass is 9.98. The van der Waals surface area contributed by atoms with E-state index in [1.54, 1.807) is 7.11 Å². The van der Waals surface area contributed by atoms with Crippen molar-refractivity contribution in [3.8, 4) is 11.8 Å². The van der Waals surface area contributed by atoms with Gasteiger partial charge in [0.25, 0.3) is 5.91 Å². The monoisotopic (exact) mass is 302 g/mol. The van der Waals surface area contributed by atoms with E-state index in [1.807, 2.05) is 38.2 Å². The third-order valence-corrected chi connectivity index (χ3v) is 4.15. The Morgan fingerprint density at radius 1 is 1.45 bits per heavy atom. The van der Waals surface area contributed by atoms with Crippen LogP contribution < -0.4 is 15.0 Å². The van der Waals surface area contributed by atoms with Gasteiger partial charge in [0.15, 0.2) is 6.54 Å². The maximum absolute atomic E-state index is 12.1. The van der Waals surface area contributed by atoms with Crippen LogP contribution in [0.1, 0.15) is 25.3 Å². The lowest BCUT2D eigenvalue weighted by molar-refractivity contribution is -0.885. The van der Waals surface area contributed by atoms with Crippen LogP contribution in [0.4, 0.5) is 0 Å². The van der Waals surface area contributed by atoms with E-state index in [4.69, 9.17) is 4.74 Å². The lowest BCUT2D eigenvalue weighted by Gasteiger charge is -2.23. The molecule has 118 valence electrons. The van der Waals surface area contributed by atoms with E-state index in [0.29, 0.717) is 12.5 Å². The number of nitriles is 1. The molecule has 0 heterocycles. The van der Waals surface area contributed by atoms with Crippen molar-refractivity contribution in [2.75, 3.05) is 20.7 Å². The Kier molecular flexibility index (Phi) is 5.04. The molecule has 1 unspecified atom stereocenters. The standard InChI is InChI=1S/C17H23N3O2/c1-17(12-18,14-6-7-14)19-16(21)11-20(2)10-13-4-8-15(22-3)9-5-13/h4-5,8-9,14H,6-7,10-11H2,1-3H3,(H,19,21)/p+1/t17-/m1/s1. The van der Waals surface area contributed by atoms with Gasteiger partial charge in [-0.1, -0.05) is 0 Å². The molecule has 1 aromatic carbocycles. The molecule has 2 N–H and O–H groups in total. The molecule has 0 bridgehead atoms. The van der Waals surface area contributed by atoms with Crippen LogP contribution in [0.3, 0.4) is 0 Å². The van der Waals surface area contributed by atoms with Crippen molar-refractivity contribution in [3.05, 3.63) is 29.8 Å². The number of hydrogen-bond acceptors (Lipinski definition) is 3. The van der Waals surface area contributed by atoms with Gasteiger partial charge in [-0.25, -0.2) is 0 Å². The maximum atomic E-state index is 12.1. The van der Waals surface area contributed by atoms with Gasteiger partial charge < -0.3 is 15.0 Å². The zero-order chi connectivity index (χ0) is 16.2. The molecule has 5 heteroatoms. The molecule has 5 nitrogen and oxygen atoms in total. The Morgan fingerprint density at radius 2 is 2.09 bits per heavy atom. The number of amides is 1. The van der Waals surface area contributed by atoms with Gasteiger partial charge >= 0.3 is 0 Å². The Balaban J connectivity index is 1.84. The number of carbonyl (C=O) groups is 1. The molecule has 0 saturated heterocycles. The van der Waals surface area contributed by atoms with Crippen molar-refractivity contribution in [2.24, 2.45) is 5.92 Å². The number of likely N-dealkylation sites (N-methyl/N-ethyl adjacent to an activating group) is 1. The molecule has 1 fully saturated rings. The number of ether oxygens (including phenoxy) is 1. The van der Waals surface area contributed by atoms with E-state index in [2.05, 4.69) is 11.4 Å². The molecule has 1 saturated carbocycles. The number of nitrogens with zero attached hydrogens (tertiary/aromatic N) is 1. The molecule has 1 aliphatic rings. The predicted molar refractivity (Wildman–Crippen MR) is 83.3 cm³/mol. The SMILES string of the molecule is COc1ccc(C[NH+](C)CC(=O)N[C@](C)(C#N)C2CC2)cc1. The topological polar surface area (TPSA) is 66.6 Å². The van der Waals surface area contributed by atoms with Crippen molar-refractivity contribution in [1.82, 2.24) is 5.32 Å². The van der Waals surface area contributed by atoms with Crippen molar-refractivity contribution >= 4 is 5.91 Å². The molecule has 1 aliphatic carbocycles. The molecule has 0 radical (unpaired) electrons. The average molecular weight is 302 g/mol. The number of methoxy groups -OCH3 is 1. The zero-order valence-electron chi connectivity index (χ0n) is 13.5. The second-order valence-corrected chi connectivity index (χ2v) is 6.30. The first-order chi connectivity index (χ1) is 10.5. The summed E-state index contributed by atoms with van der Waals surface area (Å²) in [4.78, 5) is 13.2. The minimum Gasteiger partial charge on any atom is -0.497 e. The highest BCUT2D eigenvalue weighted by Gasteiger charge is 2.43. The first-order valence-corrected chi connectivity index (χ1v) is 7.63. The summed E-state index contributed by atoms with van der Waals surface area (Å²) in [6.45, 7) is 2.93. The fourth-order valence-electron chi connectivity index (χ4n) is 2.64. The van der Waals surface area contributed by atoms with Gasteiger partial charge in [-0.15, -0.1) is 0 Å². The van der Waals surface area contributed by atoms with E-state index >= 15 is 0 Å². The van der Waals surface area contributed by atoms with Crippen LogP contribution in [0.2, 0.25) is 0 Å². The first-order valence-electron chi connectivity index (χ1n) is 7.63. The van der Waals surface area contributed by atoms with Crippen LogP contribution in [-0.4, -0.2) is 32.1 Å². The smallest absolute Gasteiger partial charge is 0.276 e. The van der Waals surface area contributed by atoms with Crippen molar-refractivity contribution in [2.45, 2.75) is 31.8 Å². The highest BCUT2D eigenvalue weighted by Crippen LogP contribution is 2.39. The molecule has 22 heavy (non-hydrogen) atoms. The summed E-state index contributed by atoms with van der Waals surface area (Å²) in [6, 6.07) is 10.1. The van der Waals surface area contributed by atoms with E-state index in [0.717, 1.165) is 35.6 Å². The van der Waals surface area contributed by atoms with Gasteiger partial charge in [-0.05, 0) is 49.9 Å². The average Bonchev–Trinajstić information content (AvgIpc) is 3.32. The first kappa shape index (κ1) is 16.3. The molecular formula is C17H24N3O2+. The molecule has 0 aromatic heterocycles. The molecule has 2 rings (SSSR count). The van der Waals surface area contributed by atoms with E-state index in [1.165, 1.54) is 0 Å². The second-order valence-electron chi connectivity index (χ2n) is 6.30. The van der Waals surface area contributed by atoms with Crippen molar-refractivity contribution in [1.29, 1.82) is 5.26 Å². The molecule has 1 amide bonds. The van der Waals surface area contributed by atoms with Gasteiger partial charge in [0, 0.05) is 5.56 Å². The maximum Gasteiger partial charge on any atom is 0.276 e. The number of carbonyl (C=O) groups excluding carboxylic acids is 1. The summed E-state index contributed by atoms with van der Waals surface area (Å²) in [5, 5.41) is 12.2. The number of rotatable bonds is 7. The molecule has 2 atom stereocenters. The lowest BCUT2D eigenvalue weighted by Crippen LogP contribution is -3.09. The largest absolute Gasteiger partial charge is 0.497 e. The molecule has 0 spiro atoms. The highest BCUT2D eigenvalue weighted by molar-refractivity contribution is 5.78. The number of benzene rings is 1. The van der Waals surface area contributed by atoms with Gasteiger partial charge in [-0.3, -0.25) is 4.79 Å². The van der Waals surface area contributed by atoms with Gasteiger partial charge in [0.1, 0.15) is 17.8 Å². The fourth-order valence-corrected chi connectivity index (χ4v) is 2.64. The van der Waals surface area contributed by atoms with Crippen LogP contribution in [0.5, 0.6) is 5.75 Å². The second kappa shape index (κ2) is 6.80. The van der Waals surface area contributed by atoms with Crippen molar-refractivity contribution in [3.63, 3.8) is 0 Å². The fraction of sp³-hybridized carbons (Fsp3) is 0.529. The summed E-state index contributed by atoms with van der Waals surface area (Å²) in [5.41, 5.74) is 0.439. The van der Waals surface area contributed by atoms with Gasteiger partial charge in [0.05, 0.1) is 20.2 Å². The van der Waals surface area contributed by atoms with Crippen LogP contribution in [0, 0.1) is 17.2 Å². The summed E-state index contributed by atoms with van der Waals surface area (Å²) >= 11 is 0. The predicted octanol–water partition coefficient (Wildman–Crippen LogP) is 0.518. The highest BCUT2D eigenvalue weighted by atomic mass is 16.5. The van der Waals surface area contributed by atoms with E-state index < -0.39 is 5.54 Å². The van der Waals surface area contributed by atoms with E-state index in [-0.39, 0.29) is 5.91 Å². The van der Waals surface area contributed by atoms with Crippen LogP contribution >= 0.6 is 0 Å². The number of hydrogen-bond donors (Lipinski definition) is 2. The van der Waals surface area contributed by atoms with Crippen LogP contribution in [0.25, 0.3) is 0 Å². The number of quaternary nitrogens is 1. The van der Waals surface area contributed by atoms with Crippen LogP contribution in [0.15, 0.2) is 24.3 Å². The van der Waals surface area contributed by atoms with E-state index in [9.17, 15) is 10.1 Å². The summed E-state index contributed by atoms with van der Waals surface area (Å²) in [6.07, 6.45) is 2.05. The Hall–Kier alpha value is -2.06. The van der Waals surface area contributed by atoms with Crippen molar-refractivity contribution < 1.29 is 14.4 Å². The number of nitrogens with one attached hydrogen (secondary N) is 2.